The van der Waals surface area contributed by atoms with Gasteiger partial charge in [-0.15, -0.1) is 0 Å². The molecule has 7 heteroatoms. The van der Waals surface area contributed by atoms with Crippen LogP contribution in [0.25, 0.3) is 0 Å². The van der Waals surface area contributed by atoms with Crippen molar-refractivity contribution in [3.63, 3.8) is 0 Å². The van der Waals surface area contributed by atoms with Crippen molar-refractivity contribution in [2.75, 3.05) is 19.7 Å². The van der Waals surface area contributed by atoms with Crippen LogP contribution >= 0.6 is 0 Å². The minimum atomic E-state index is -0.786. The van der Waals surface area contributed by atoms with E-state index >= 15 is 0 Å². The van der Waals surface area contributed by atoms with Crippen LogP contribution in [0.3, 0.4) is 0 Å². The normalized spacial score (nSPS) is 11.3. The Morgan fingerprint density at radius 1 is 1.00 bits per heavy atom. The first-order valence-corrected chi connectivity index (χ1v) is 8.47. The van der Waals surface area contributed by atoms with E-state index in [0.717, 1.165) is 11.6 Å². The fourth-order valence-electron chi connectivity index (χ4n) is 2.31. The Morgan fingerprint density at radius 3 is 2.37 bits per heavy atom. The third kappa shape index (κ3) is 6.54. The highest BCUT2D eigenvalue weighted by Crippen LogP contribution is 2.12. The molecular formula is C20H21FN2O4. The Morgan fingerprint density at radius 2 is 1.67 bits per heavy atom. The summed E-state index contributed by atoms with van der Waals surface area (Å²) >= 11 is 0. The van der Waals surface area contributed by atoms with Crippen LogP contribution in [0, 0.1) is 5.82 Å². The molecule has 1 atom stereocenters. The van der Waals surface area contributed by atoms with Gasteiger partial charge in [0.1, 0.15) is 12.4 Å². The highest BCUT2D eigenvalue weighted by Gasteiger charge is 2.14. The Hall–Kier alpha value is -3.22. The number of hydrogen-bond donors (Lipinski definition) is 2. The van der Waals surface area contributed by atoms with Crippen molar-refractivity contribution in [2.24, 2.45) is 0 Å². The molecule has 2 amide bonds. The third-order valence-electron chi connectivity index (χ3n) is 3.85. The molecule has 0 saturated heterocycles. The van der Waals surface area contributed by atoms with E-state index in [2.05, 4.69) is 10.6 Å². The van der Waals surface area contributed by atoms with Crippen LogP contribution in [0.15, 0.2) is 54.6 Å². The number of benzene rings is 2. The smallest absolute Gasteiger partial charge is 0.325 e. The summed E-state index contributed by atoms with van der Waals surface area (Å²) in [7, 11) is 0. The van der Waals surface area contributed by atoms with Crippen molar-refractivity contribution in [3.8, 4) is 0 Å². The van der Waals surface area contributed by atoms with E-state index in [-0.39, 0.29) is 11.5 Å². The molecule has 0 saturated carbocycles. The van der Waals surface area contributed by atoms with Gasteiger partial charge in [-0.05, 0) is 23.6 Å². The Labute approximate surface area is 156 Å². The van der Waals surface area contributed by atoms with E-state index in [9.17, 15) is 18.8 Å². The van der Waals surface area contributed by atoms with Crippen LogP contribution in [0.4, 0.5) is 4.39 Å². The van der Waals surface area contributed by atoms with Crippen molar-refractivity contribution in [1.29, 1.82) is 0 Å². The van der Waals surface area contributed by atoms with Gasteiger partial charge in [-0.2, -0.15) is 0 Å². The summed E-state index contributed by atoms with van der Waals surface area (Å²) in [5, 5.41) is 4.93. The maximum absolute atomic E-state index is 13.5. The Balaban J connectivity index is 1.67. The molecule has 0 bridgehead atoms. The number of nitrogens with one attached hydrogen (secondary N) is 2. The summed E-state index contributed by atoms with van der Waals surface area (Å²) < 4.78 is 18.3. The highest BCUT2D eigenvalue weighted by atomic mass is 19.1. The first kappa shape index (κ1) is 20.1. The molecule has 27 heavy (non-hydrogen) atoms. The van der Waals surface area contributed by atoms with Gasteiger partial charge >= 0.3 is 5.97 Å². The molecule has 2 aromatic carbocycles. The number of esters is 1. The van der Waals surface area contributed by atoms with Gasteiger partial charge in [-0.25, -0.2) is 4.39 Å². The molecule has 0 aliphatic rings. The van der Waals surface area contributed by atoms with Gasteiger partial charge in [0.2, 0.25) is 0 Å². The summed E-state index contributed by atoms with van der Waals surface area (Å²) in [6, 6.07) is 15.1. The number of halogens is 1. The SMILES string of the molecule is C[C@H](CNC(=O)COC(=O)CNC(=O)c1ccccc1F)c1ccccc1. The summed E-state index contributed by atoms with van der Waals surface area (Å²) in [4.78, 5) is 35.2. The van der Waals surface area contributed by atoms with E-state index in [1.165, 1.54) is 18.2 Å². The molecule has 2 aromatic rings. The zero-order valence-electron chi connectivity index (χ0n) is 14.9. The summed E-state index contributed by atoms with van der Waals surface area (Å²) in [6.45, 7) is 1.47. The van der Waals surface area contributed by atoms with Gasteiger partial charge in [0.15, 0.2) is 6.61 Å². The van der Waals surface area contributed by atoms with E-state index in [1.807, 2.05) is 37.3 Å². The van der Waals surface area contributed by atoms with Crippen LogP contribution in [0.1, 0.15) is 28.8 Å². The number of carbonyl (C=O) groups is 3. The molecule has 0 unspecified atom stereocenters. The molecule has 0 aliphatic carbocycles. The maximum Gasteiger partial charge on any atom is 0.325 e. The van der Waals surface area contributed by atoms with Crippen LogP contribution in [0.2, 0.25) is 0 Å². The molecular weight excluding hydrogens is 351 g/mol. The number of carbonyl (C=O) groups excluding carboxylic acids is 3. The van der Waals surface area contributed by atoms with Gasteiger partial charge in [-0.3, -0.25) is 14.4 Å². The van der Waals surface area contributed by atoms with Crippen LogP contribution < -0.4 is 10.6 Å². The van der Waals surface area contributed by atoms with E-state index in [0.29, 0.717) is 6.54 Å². The standard InChI is InChI=1S/C20H21FN2O4/c1-14(15-7-3-2-4-8-15)11-22-18(24)13-27-19(25)12-23-20(26)16-9-5-6-10-17(16)21/h2-10,14H,11-13H2,1H3,(H,22,24)(H,23,26)/t14-/m1/s1. The summed E-state index contributed by atoms with van der Waals surface area (Å²) in [5.41, 5.74) is 0.920. The van der Waals surface area contributed by atoms with Crippen LogP contribution in [-0.4, -0.2) is 37.5 Å². The van der Waals surface area contributed by atoms with Gasteiger partial charge in [0.25, 0.3) is 11.8 Å². The summed E-state index contributed by atoms with van der Waals surface area (Å²) in [5.74, 6) is -2.52. The molecule has 0 radical (unpaired) electrons. The fraction of sp³-hybridized carbons (Fsp3) is 0.250. The predicted octanol–water partition coefficient (Wildman–Crippen LogP) is 2.02. The van der Waals surface area contributed by atoms with E-state index in [1.54, 1.807) is 0 Å². The van der Waals surface area contributed by atoms with Crippen molar-refractivity contribution in [2.45, 2.75) is 12.8 Å². The topological polar surface area (TPSA) is 84.5 Å². The quantitative estimate of drug-likeness (QED) is 0.695. The molecule has 0 heterocycles. The molecule has 142 valence electrons. The van der Waals surface area contributed by atoms with E-state index < -0.39 is 36.8 Å². The second-order valence-electron chi connectivity index (χ2n) is 5.94. The maximum atomic E-state index is 13.5. The minimum Gasteiger partial charge on any atom is -0.454 e. The minimum absolute atomic E-state index is 0.117. The zero-order chi connectivity index (χ0) is 19.6. The predicted molar refractivity (Wildman–Crippen MR) is 97.6 cm³/mol. The molecule has 0 aromatic heterocycles. The van der Waals surface area contributed by atoms with Gasteiger partial charge < -0.3 is 15.4 Å². The largest absolute Gasteiger partial charge is 0.454 e. The van der Waals surface area contributed by atoms with Crippen molar-refractivity contribution in [1.82, 2.24) is 10.6 Å². The van der Waals surface area contributed by atoms with Gasteiger partial charge in [0, 0.05) is 6.54 Å². The van der Waals surface area contributed by atoms with E-state index in [4.69, 9.17) is 4.74 Å². The Bertz CT molecular complexity index is 796. The fourth-order valence-corrected chi connectivity index (χ4v) is 2.31. The number of hydrogen-bond acceptors (Lipinski definition) is 4. The van der Waals surface area contributed by atoms with Crippen molar-refractivity contribution < 1.29 is 23.5 Å². The Kier molecular flexibility index (Phi) is 7.49. The number of rotatable bonds is 8. The molecule has 0 spiro atoms. The van der Waals surface area contributed by atoms with Gasteiger partial charge in [-0.1, -0.05) is 49.4 Å². The third-order valence-corrected chi connectivity index (χ3v) is 3.85. The lowest BCUT2D eigenvalue weighted by atomic mass is 10.0. The van der Waals surface area contributed by atoms with Crippen LogP contribution in [-0.2, 0) is 14.3 Å². The number of amides is 2. The van der Waals surface area contributed by atoms with Crippen molar-refractivity contribution >= 4 is 17.8 Å². The van der Waals surface area contributed by atoms with Crippen LogP contribution in [0.5, 0.6) is 0 Å². The lowest BCUT2D eigenvalue weighted by Crippen LogP contribution is -2.35. The number of ether oxygens (including phenoxy) is 1. The molecule has 0 aliphatic heterocycles. The van der Waals surface area contributed by atoms with Gasteiger partial charge in [0.05, 0.1) is 5.56 Å². The molecule has 0 fully saturated rings. The van der Waals surface area contributed by atoms with Crippen molar-refractivity contribution in [3.05, 3.63) is 71.5 Å². The lowest BCUT2D eigenvalue weighted by Gasteiger charge is -2.13. The lowest BCUT2D eigenvalue weighted by molar-refractivity contribution is -0.147. The monoisotopic (exact) mass is 372 g/mol. The summed E-state index contributed by atoms with van der Waals surface area (Å²) in [6.07, 6.45) is 0. The second kappa shape index (κ2) is 10.1. The second-order valence-corrected chi connectivity index (χ2v) is 5.94. The molecule has 2 rings (SSSR count). The average molecular weight is 372 g/mol. The zero-order valence-corrected chi connectivity index (χ0v) is 14.9. The first-order valence-electron chi connectivity index (χ1n) is 8.47. The molecule has 2 N–H and O–H groups in total. The average Bonchev–Trinajstić information content (AvgIpc) is 2.69. The highest BCUT2D eigenvalue weighted by molar-refractivity contribution is 5.96. The first-order chi connectivity index (χ1) is 13.0. The molecule has 6 nitrogen and oxygen atoms in total.